The van der Waals surface area contributed by atoms with E-state index in [1.165, 1.54) is 0 Å². The largest absolute Gasteiger partial charge is 0.370 e. The van der Waals surface area contributed by atoms with Gasteiger partial charge in [-0.05, 0) is 30.2 Å². The van der Waals surface area contributed by atoms with Crippen LogP contribution in [0.1, 0.15) is 24.7 Å². The molecule has 1 aromatic carbocycles. The molecule has 0 aliphatic rings. The Balaban J connectivity index is 2.19. The molecule has 5 heteroatoms. The minimum Gasteiger partial charge on any atom is -0.370 e. The molecule has 0 saturated heterocycles. The second kappa shape index (κ2) is 6.73. The lowest BCUT2D eigenvalue weighted by atomic mass is 10.1. The Morgan fingerprint density at radius 3 is 2.58 bits per heavy atom. The third-order valence-corrected chi connectivity index (χ3v) is 3.37. The van der Waals surface area contributed by atoms with E-state index in [0.29, 0.717) is 22.3 Å². The van der Waals surface area contributed by atoms with Crippen LogP contribution in [0.2, 0.25) is 10.0 Å². The summed E-state index contributed by atoms with van der Waals surface area (Å²) in [5.74, 6) is 1.53. The van der Waals surface area contributed by atoms with Crippen LogP contribution in [0, 0.1) is 0 Å². The highest BCUT2D eigenvalue weighted by atomic mass is 35.5. The molecule has 0 saturated carbocycles. The van der Waals surface area contributed by atoms with Gasteiger partial charge >= 0.3 is 0 Å². The summed E-state index contributed by atoms with van der Waals surface area (Å²) in [6.45, 7) is 3.00. The van der Waals surface area contributed by atoms with E-state index < -0.39 is 0 Å². The van der Waals surface area contributed by atoms with E-state index in [1.807, 2.05) is 24.3 Å². The number of hydrogen-bond acceptors (Lipinski definition) is 3. The van der Waals surface area contributed by atoms with Crippen LogP contribution in [-0.4, -0.2) is 16.5 Å². The van der Waals surface area contributed by atoms with Crippen LogP contribution in [0.5, 0.6) is 0 Å². The van der Waals surface area contributed by atoms with Crippen molar-refractivity contribution in [3.05, 3.63) is 51.9 Å². The third-order valence-electron chi connectivity index (χ3n) is 2.66. The molecule has 2 aromatic rings. The van der Waals surface area contributed by atoms with Gasteiger partial charge in [0.1, 0.15) is 11.6 Å². The van der Waals surface area contributed by atoms with Crippen LogP contribution in [0.15, 0.2) is 30.5 Å². The normalized spacial score (nSPS) is 10.5. The van der Waals surface area contributed by atoms with E-state index >= 15 is 0 Å². The summed E-state index contributed by atoms with van der Waals surface area (Å²) in [4.78, 5) is 8.70. The number of hydrogen-bond donors (Lipinski definition) is 1. The summed E-state index contributed by atoms with van der Waals surface area (Å²) in [7, 11) is 0. The Bertz CT molecular complexity index is 538. The number of anilines is 1. The number of aromatic nitrogens is 2. The van der Waals surface area contributed by atoms with Gasteiger partial charge in [0.2, 0.25) is 0 Å². The molecule has 1 heterocycles. The number of halogens is 2. The van der Waals surface area contributed by atoms with Crippen molar-refractivity contribution in [2.75, 3.05) is 11.9 Å². The number of benzene rings is 1. The first kappa shape index (κ1) is 14.1. The van der Waals surface area contributed by atoms with Crippen molar-refractivity contribution in [1.82, 2.24) is 9.97 Å². The van der Waals surface area contributed by atoms with Crippen LogP contribution in [0.4, 0.5) is 5.82 Å². The fourth-order valence-corrected chi connectivity index (χ4v) is 2.23. The van der Waals surface area contributed by atoms with E-state index in [9.17, 15) is 0 Å². The second-order valence-electron chi connectivity index (χ2n) is 4.16. The van der Waals surface area contributed by atoms with Crippen molar-refractivity contribution in [2.24, 2.45) is 0 Å². The van der Waals surface area contributed by atoms with Gasteiger partial charge < -0.3 is 5.32 Å². The highest BCUT2D eigenvalue weighted by molar-refractivity contribution is 6.36. The van der Waals surface area contributed by atoms with Gasteiger partial charge in [-0.3, -0.25) is 0 Å². The highest BCUT2D eigenvalue weighted by Gasteiger charge is 2.08. The van der Waals surface area contributed by atoms with Gasteiger partial charge in [0.25, 0.3) is 0 Å². The summed E-state index contributed by atoms with van der Waals surface area (Å²) < 4.78 is 0. The quantitative estimate of drug-likeness (QED) is 0.898. The number of nitrogens with one attached hydrogen (secondary N) is 1. The van der Waals surface area contributed by atoms with Crippen molar-refractivity contribution >= 4 is 29.0 Å². The molecule has 0 radical (unpaired) electrons. The monoisotopic (exact) mass is 295 g/mol. The topological polar surface area (TPSA) is 37.8 Å². The fourth-order valence-electron chi connectivity index (χ4n) is 1.70. The van der Waals surface area contributed by atoms with Crippen molar-refractivity contribution < 1.29 is 0 Å². The Morgan fingerprint density at radius 1 is 1.16 bits per heavy atom. The summed E-state index contributed by atoms with van der Waals surface area (Å²) in [6, 6.07) is 7.32. The first-order chi connectivity index (χ1) is 9.20. The molecule has 3 nitrogen and oxygen atoms in total. The van der Waals surface area contributed by atoms with Gasteiger partial charge in [-0.15, -0.1) is 0 Å². The Hall–Kier alpha value is -1.32. The van der Waals surface area contributed by atoms with Crippen LogP contribution >= 0.6 is 23.2 Å². The summed E-state index contributed by atoms with van der Waals surface area (Å²) >= 11 is 12.3. The average Bonchev–Trinajstić information content (AvgIpc) is 2.41. The Kier molecular flexibility index (Phi) is 5.00. The summed E-state index contributed by atoms with van der Waals surface area (Å²) in [6.07, 6.45) is 3.32. The van der Waals surface area contributed by atoms with Gasteiger partial charge in [0, 0.05) is 29.2 Å². The van der Waals surface area contributed by atoms with Crippen molar-refractivity contribution in [1.29, 1.82) is 0 Å². The molecule has 0 unspecified atom stereocenters. The predicted molar refractivity (Wildman–Crippen MR) is 80.1 cm³/mol. The smallest absolute Gasteiger partial charge is 0.135 e. The van der Waals surface area contributed by atoms with Gasteiger partial charge in [0.15, 0.2) is 0 Å². The first-order valence-electron chi connectivity index (χ1n) is 6.19. The molecule has 0 aliphatic heterocycles. The van der Waals surface area contributed by atoms with Gasteiger partial charge in [-0.25, -0.2) is 9.97 Å². The highest BCUT2D eigenvalue weighted by Crippen LogP contribution is 2.26. The van der Waals surface area contributed by atoms with E-state index in [-0.39, 0.29) is 0 Å². The molecule has 1 aromatic heterocycles. The zero-order chi connectivity index (χ0) is 13.7. The fraction of sp³-hybridized carbons (Fsp3) is 0.286. The molecule has 0 fully saturated rings. The van der Waals surface area contributed by atoms with Gasteiger partial charge in [-0.1, -0.05) is 36.2 Å². The third kappa shape index (κ3) is 3.82. The molecular formula is C14H15Cl2N3. The summed E-state index contributed by atoms with van der Waals surface area (Å²) in [5, 5.41) is 4.52. The minimum atomic E-state index is 0.528. The SMILES string of the molecule is CCCNc1ccnc(Cc2c(Cl)cccc2Cl)n1. The minimum absolute atomic E-state index is 0.528. The van der Waals surface area contributed by atoms with Gasteiger partial charge in [0.05, 0.1) is 0 Å². The Labute approximate surface area is 123 Å². The van der Waals surface area contributed by atoms with Gasteiger partial charge in [-0.2, -0.15) is 0 Å². The Morgan fingerprint density at radius 2 is 1.89 bits per heavy atom. The molecule has 0 amide bonds. The maximum absolute atomic E-state index is 6.15. The van der Waals surface area contributed by atoms with E-state index in [2.05, 4.69) is 22.2 Å². The van der Waals surface area contributed by atoms with E-state index in [4.69, 9.17) is 23.2 Å². The van der Waals surface area contributed by atoms with E-state index in [0.717, 1.165) is 24.3 Å². The standard InChI is InChI=1S/C14H15Cl2N3/c1-2-7-17-13-6-8-18-14(19-13)9-10-11(15)4-3-5-12(10)16/h3-6,8H,2,7,9H2,1H3,(H,17,18,19). The number of rotatable bonds is 5. The van der Waals surface area contributed by atoms with Crippen molar-refractivity contribution in [2.45, 2.75) is 19.8 Å². The molecule has 0 spiro atoms. The van der Waals surface area contributed by atoms with Crippen LogP contribution < -0.4 is 5.32 Å². The van der Waals surface area contributed by atoms with Crippen LogP contribution in [0.3, 0.4) is 0 Å². The lowest BCUT2D eigenvalue weighted by Gasteiger charge is -2.08. The molecule has 1 N–H and O–H groups in total. The van der Waals surface area contributed by atoms with Crippen molar-refractivity contribution in [3.8, 4) is 0 Å². The second-order valence-corrected chi connectivity index (χ2v) is 4.98. The average molecular weight is 296 g/mol. The lowest BCUT2D eigenvalue weighted by molar-refractivity contribution is 0.932. The zero-order valence-electron chi connectivity index (χ0n) is 10.7. The maximum Gasteiger partial charge on any atom is 0.135 e. The maximum atomic E-state index is 6.15. The molecule has 0 atom stereocenters. The summed E-state index contributed by atoms with van der Waals surface area (Å²) in [5.41, 5.74) is 0.860. The van der Waals surface area contributed by atoms with Crippen LogP contribution in [0.25, 0.3) is 0 Å². The lowest BCUT2D eigenvalue weighted by Crippen LogP contribution is -2.05. The predicted octanol–water partition coefficient (Wildman–Crippen LogP) is 4.20. The van der Waals surface area contributed by atoms with Crippen LogP contribution in [-0.2, 0) is 6.42 Å². The van der Waals surface area contributed by atoms with Crippen molar-refractivity contribution in [3.63, 3.8) is 0 Å². The molecule has 100 valence electrons. The molecule has 0 bridgehead atoms. The van der Waals surface area contributed by atoms with E-state index in [1.54, 1.807) is 6.20 Å². The molecular weight excluding hydrogens is 281 g/mol. The first-order valence-corrected chi connectivity index (χ1v) is 6.95. The molecule has 2 rings (SSSR count). The molecule has 19 heavy (non-hydrogen) atoms. The number of nitrogens with zero attached hydrogens (tertiary/aromatic N) is 2. The zero-order valence-corrected chi connectivity index (χ0v) is 12.2. The molecule has 0 aliphatic carbocycles.